The highest BCUT2D eigenvalue weighted by Crippen LogP contribution is 2.23. The molecule has 3 N–H and O–H groups in total. The zero-order chi connectivity index (χ0) is 13.9. The molecule has 1 heterocycles. The minimum Gasteiger partial charge on any atom is -0.271 e. The summed E-state index contributed by atoms with van der Waals surface area (Å²) in [5, 5.41) is 0.958. The molecule has 19 heavy (non-hydrogen) atoms. The van der Waals surface area contributed by atoms with Crippen LogP contribution in [0.15, 0.2) is 36.4 Å². The highest BCUT2D eigenvalue weighted by atomic mass is 19.4. The van der Waals surface area contributed by atoms with Gasteiger partial charge in [-0.15, -0.1) is 0 Å². The molecule has 2 aromatic rings. The summed E-state index contributed by atoms with van der Waals surface area (Å²) in [5.74, 6) is 5.16. The number of pyridine rings is 1. The van der Waals surface area contributed by atoms with E-state index in [0.29, 0.717) is 5.69 Å². The summed E-state index contributed by atoms with van der Waals surface area (Å²) >= 11 is 0. The van der Waals surface area contributed by atoms with Gasteiger partial charge in [-0.3, -0.25) is 16.3 Å². The van der Waals surface area contributed by atoms with Crippen LogP contribution in [-0.4, -0.2) is 17.2 Å². The maximum absolute atomic E-state index is 12.3. The van der Waals surface area contributed by atoms with Crippen LogP contribution in [-0.2, 0) is 6.42 Å². The molecule has 1 aromatic carbocycles. The smallest absolute Gasteiger partial charge is 0.271 e. The Kier molecular flexibility index (Phi) is 4.01. The maximum atomic E-state index is 12.3. The van der Waals surface area contributed by atoms with E-state index in [1.807, 2.05) is 30.3 Å². The zero-order valence-corrected chi connectivity index (χ0v) is 10.1. The van der Waals surface area contributed by atoms with Crippen molar-refractivity contribution in [3.05, 3.63) is 42.1 Å². The molecule has 1 atom stereocenters. The highest BCUT2D eigenvalue weighted by Gasteiger charge is 2.31. The van der Waals surface area contributed by atoms with Crippen molar-refractivity contribution < 1.29 is 13.2 Å². The van der Waals surface area contributed by atoms with Crippen LogP contribution in [0.1, 0.15) is 12.1 Å². The van der Waals surface area contributed by atoms with Crippen molar-refractivity contribution in [1.29, 1.82) is 0 Å². The Morgan fingerprint density at radius 2 is 1.89 bits per heavy atom. The van der Waals surface area contributed by atoms with Crippen molar-refractivity contribution >= 4 is 10.9 Å². The topological polar surface area (TPSA) is 50.9 Å². The third-order valence-electron chi connectivity index (χ3n) is 2.83. The van der Waals surface area contributed by atoms with Crippen molar-refractivity contribution in [2.24, 2.45) is 5.84 Å². The van der Waals surface area contributed by atoms with Crippen LogP contribution in [0.3, 0.4) is 0 Å². The molecule has 1 unspecified atom stereocenters. The van der Waals surface area contributed by atoms with Gasteiger partial charge in [-0.1, -0.05) is 24.3 Å². The molecule has 0 spiro atoms. The zero-order valence-electron chi connectivity index (χ0n) is 10.1. The van der Waals surface area contributed by atoms with Gasteiger partial charge in [0.1, 0.15) is 0 Å². The molecule has 3 nitrogen and oxygen atoms in total. The second kappa shape index (κ2) is 5.54. The molecule has 0 saturated heterocycles. The normalized spacial score (nSPS) is 13.7. The number of hydrogen-bond acceptors (Lipinski definition) is 3. The summed E-state index contributed by atoms with van der Waals surface area (Å²) in [7, 11) is 0. The SMILES string of the molecule is NNC(Cc1ccc2ccccc2n1)CC(F)(F)F. The number of rotatable bonds is 4. The van der Waals surface area contributed by atoms with E-state index in [1.165, 1.54) is 0 Å². The summed E-state index contributed by atoms with van der Waals surface area (Å²) in [6.07, 6.45) is -5.08. The lowest BCUT2D eigenvalue weighted by Crippen LogP contribution is -2.40. The first kappa shape index (κ1) is 13.8. The van der Waals surface area contributed by atoms with Crippen LogP contribution >= 0.6 is 0 Å². The van der Waals surface area contributed by atoms with E-state index in [4.69, 9.17) is 5.84 Å². The van der Waals surface area contributed by atoms with E-state index < -0.39 is 18.6 Å². The molecule has 0 aliphatic heterocycles. The van der Waals surface area contributed by atoms with Gasteiger partial charge in [-0.25, -0.2) is 0 Å². The number of alkyl halides is 3. The first-order valence-corrected chi connectivity index (χ1v) is 5.85. The van der Waals surface area contributed by atoms with Crippen molar-refractivity contribution in [2.45, 2.75) is 25.1 Å². The fraction of sp³-hybridized carbons (Fsp3) is 0.308. The van der Waals surface area contributed by atoms with Gasteiger partial charge >= 0.3 is 6.18 Å². The van der Waals surface area contributed by atoms with Gasteiger partial charge < -0.3 is 0 Å². The van der Waals surface area contributed by atoms with Gasteiger partial charge in [0.15, 0.2) is 0 Å². The summed E-state index contributed by atoms with van der Waals surface area (Å²) in [6, 6.07) is 10.2. The number of nitrogens with zero attached hydrogens (tertiary/aromatic N) is 1. The average Bonchev–Trinajstić information content (AvgIpc) is 2.36. The van der Waals surface area contributed by atoms with Crippen LogP contribution in [0.25, 0.3) is 10.9 Å². The summed E-state index contributed by atoms with van der Waals surface area (Å²) in [4.78, 5) is 4.33. The van der Waals surface area contributed by atoms with Crippen molar-refractivity contribution in [1.82, 2.24) is 10.4 Å². The molecular formula is C13H14F3N3. The molecule has 0 saturated carbocycles. The summed E-state index contributed by atoms with van der Waals surface area (Å²) in [5.41, 5.74) is 3.55. The fourth-order valence-corrected chi connectivity index (χ4v) is 1.94. The Morgan fingerprint density at radius 1 is 1.16 bits per heavy atom. The van der Waals surface area contributed by atoms with Crippen molar-refractivity contribution in [3.63, 3.8) is 0 Å². The van der Waals surface area contributed by atoms with E-state index in [1.54, 1.807) is 6.07 Å². The van der Waals surface area contributed by atoms with E-state index in [9.17, 15) is 13.2 Å². The number of benzene rings is 1. The molecule has 6 heteroatoms. The van der Waals surface area contributed by atoms with Crippen molar-refractivity contribution in [3.8, 4) is 0 Å². The Morgan fingerprint density at radius 3 is 2.58 bits per heavy atom. The van der Waals surface area contributed by atoms with Gasteiger partial charge in [0.25, 0.3) is 0 Å². The van der Waals surface area contributed by atoms with Gasteiger partial charge in [-0.05, 0) is 12.1 Å². The number of aromatic nitrogens is 1. The van der Waals surface area contributed by atoms with E-state index in [-0.39, 0.29) is 6.42 Å². The lowest BCUT2D eigenvalue weighted by Gasteiger charge is -2.17. The average molecular weight is 269 g/mol. The van der Waals surface area contributed by atoms with E-state index >= 15 is 0 Å². The molecule has 0 bridgehead atoms. The van der Waals surface area contributed by atoms with Crippen LogP contribution in [0, 0.1) is 0 Å². The molecule has 0 aliphatic rings. The Bertz CT molecular complexity index is 554. The van der Waals surface area contributed by atoms with Gasteiger partial charge in [-0.2, -0.15) is 13.2 Å². The quantitative estimate of drug-likeness (QED) is 0.662. The van der Waals surface area contributed by atoms with Crippen LogP contribution < -0.4 is 11.3 Å². The number of para-hydroxylation sites is 1. The predicted molar refractivity (Wildman–Crippen MR) is 67.2 cm³/mol. The van der Waals surface area contributed by atoms with Crippen LogP contribution in [0.4, 0.5) is 13.2 Å². The minimum atomic E-state index is -4.24. The predicted octanol–water partition coefficient (Wildman–Crippen LogP) is 2.56. The van der Waals surface area contributed by atoms with Gasteiger partial charge in [0, 0.05) is 23.5 Å². The van der Waals surface area contributed by atoms with E-state index in [0.717, 1.165) is 10.9 Å². The lowest BCUT2D eigenvalue weighted by molar-refractivity contribution is -0.140. The van der Waals surface area contributed by atoms with E-state index in [2.05, 4.69) is 10.4 Å². The third kappa shape index (κ3) is 3.90. The number of nitrogens with two attached hydrogens (primary N) is 1. The third-order valence-corrected chi connectivity index (χ3v) is 2.83. The van der Waals surface area contributed by atoms with Crippen molar-refractivity contribution in [2.75, 3.05) is 0 Å². The fourth-order valence-electron chi connectivity index (χ4n) is 1.94. The number of nitrogens with one attached hydrogen (secondary N) is 1. The first-order valence-electron chi connectivity index (χ1n) is 5.85. The van der Waals surface area contributed by atoms with Crippen LogP contribution in [0.2, 0.25) is 0 Å². The molecule has 1 aromatic heterocycles. The largest absolute Gasteiger partial charge is 0.390 e. The van der Waals surface area contributed by atoms with Crippen LogP contribution in [0.5, 0.6) is 0 Å². The Balaban J connectivity index is 2.15. The monoisotopic (exact) mass is 269 g/mol. The highest BCUT2D eigenvalue weighted by molar-refractivity contribution is 5.78. The standard InChI is InChI=1S/C13H14F3N3/c14-13(15,16)8-11(19-17)7-10-6-5-9-3-1-2-4-12(9)18-10/h1-6,11,19H,7-8,17H2. The second-order valence-electron chi connectivity index (χ2n) is 4.38. The molecule has 2 rings (SSSR count). The molecule has 102 valence electrons. The molecular weight excluding hydrogens is 255 g/mol. The molecule has 0 radical (unpaired) electrons. The summed E-state index contributed by atoms with van der Waals surface area (Å²) in [6.45, 7) is 0. The Labute approximate surface area is 108 Å². The second-order valence-corrected chi connectivity index (χ2v) is 4.38. The number of fused-ring (bicyclic) bond motifs is 1. The molecule has 0 aliphatic carbocycles. The van der Waals surface area contributed by atoms with Gasteiger partial charge in [0.2, 0.25) is 0 Å². The Hall–Kier alpha value is -1.66. The molecule has 0 amide bonds. The number of hydrazine groups is 1. The molecule has 0 fully saturated rings. The maximum Gasteiger partial charge on any atom is 0.390 e. The number of halogens is 3. The summed E-state index contributed by atoms with van der Waals surface area (Å²) < 4.78 is 37.0. The lowest BCUT2D eigenvalue weighted by atomic mass is 10.1. The number of hydrogen-bond donors (Lipinski definition) is 2. The van der Waals surface area contributed by atoms with Gasteiger partial charge in [0.05, 0.1) is 11.9 Å². The first-order chi connectivity index (χ1) is 8.98. The minimum absolute atomic E-state index is 0.140.